The fourth-order valence-corrected chi connectivity index (χ4v) is 3.88. The number of unbranched alkanes of at least 4 members (excludes halogenated alkanes) is 1. The van der Waals surface area contributed by atoms with Crippen LogP contribution < -0.4 is 5.32 Å². The predicted molar refractivity (Wildman–Crippen MR) is 94.4 cm³/mol. The van der Waals surface area contributed by atoms with Crippen LogP contribution in [0, 0.1) is 0 Å². The Kier molecular flexibility index (Phi) is 6.67. The maximum absolute atomic E-state index is 12.4. The number of halogens is 1. The summed E-state index contributed by atoms with van der Waals surface area (Å²) in [5.74, 6) is 0.0670. The normalized spacial score (nSPS) is 12.1. The van der Waals surface area contributed by atoms with Crippen molar-refractivity contribution in [1.82, 2.24) is 10.2 Å². The number of thioether (sulfide) groups is 1. The fraction of sp³-hybridized carbons (Fsp3) is 0.400. The largest absolute Gasteiger partial charge is 0.360 e. The number of hydrogen-bond acceptors (Lipinski definition) is 6. The molecule has 22 heavy (non-hydrogen) atoms. The minimum Gasteiger partial charge on any atom is -0.360 e. The van der Waals surface area contributed by atoms with Crippen LogP contribution in [-0.4, -0.2) is 27.8 Å². The molecule has 0 aliphatic rings. The molecule has 7 heteroatoms. The molecule has 2 aromatic rings. The lowest BCUT2D eigenvalue weighted by Crippen LogP contribution is -2.13. The number of nitrogens with one attached hydrogen (secondary N) is 1. The van der Waals surface area contributed by atoms with Crippen LogP contribution in [0.15, 0.2) is 28.6 Å². The first kappa shape index (κ1) is 17.2. The van der Waals surface area contributed by atoms with E-state index in [4.69, 9.17) is 11.6 Å². The van der Waals surface area contributed by atoms with Crippen LogP contribution in [0.3, 0.4) is 0 Å². The molecule has 0 amide bonds. The zero-order valence-electron chi connectivity index (χ0n) is 12.5. The van der Waals surface area contributed by atoms with Gasteiger partial charge in [-0.2, -0.15) is 0 Å². The summed E-state index contributed by atoms with van der Waals surface area (Å²) in [5, 5.41) is 12.7. The maximum Gasteiger partial charge on any atom is 0.206 e. The SMILES string of the molecule is CCCCNc1nnc(SC(C)C(=O)c2ccc(Cl)cc2)s1. The molecule has 1 atom stereocenters. The van der Waals surface area contributed by atoms with E-state index in [1.165, 1.54) is 23.1 Å². The van der Waals surface area contributed by atoms with Crippen molar-refractivity contribution >= 4 is 45.6 Å². The van der Waals surface area contributed by atoms with Crippen LogP contribution in [0.5, 0.6) is 0 Å². The Morgan fingerprint density at radius 2 is 2.09 bits per heavy atom. The van der Waals surface area contributed by atoms with Crippen molar-refractivity contribution in [2.75, 3.05) is 11.9 Å². The summed E-state index contributed by atoms with van der Waals surface area (Å²) in [6, 6.07) is 6.96. The first-order valence-corrected chi connectivity index (χ1v) is 9.21. The van der Waals surface area contributed by atoms with Gasteiger partial charge >= 0.3 is 0 Å². The number of nitrogens with zero attached hydrogens (tertiary/aromatic N) is 2. The first-order chi connectivity index (χ1) is 10.6. The van der Waals surface area contributed by atoms with Gasteiger partial charge in [-0.1, -0.05) is 48.0 Å². The van der Waals surface area contributed by atoms with E-state index in [0.717, 1.165) is 28.9 Å². The highest BCUT2D eigenvalue weighted by molar-refractivity contribution is 8.02. The van der Waals surface area contributed by atoms with E-state index >= 15 is 0 Å². The second-order valence-electron chi connectivity index (χ2n) is 4.78. The van der Waals surface area contributed by atoms with Crippen LogP contribution in [0.4, 0.5) is 5.13 Å². The molecule has 1 heterocycles. The third-order valence-electron chi connectivity index (χ3n) is 2.99. The second-order valence-corrected chi connectivity index (χ2v) is 7.79. The topological polar surface area (TPSA) is 54.9 Å². The van der Waals surface area contributed by atoms with Crippen molar-refractivity contribution in [2.45, 2.75) is 36.3 Å². The zero-order valence-corrected chi connectivity index (χ0v) is 14.9. The molecule has 0 fully saturated rings. The highest BCUT2D eigenvalue weighted by Gasteiger charge is 2.18. The summed E-state index contributed by atoms with van der Waals surface area (Å²) in [7, 11) is 0. The van der Waals surface area contributed by atoms with E-state index in [9.17, 15) is 4.79 Å². The lowest BCUT2D eigenvalue weighted by atomic mass is 10.1. The van der Waals surface area contributed by atoms with Gasteiger partial charge in [-0.3, -0.25) is 4.79 Å². The van der Waals surface area contributed by atoms with Gasteiger partial charge in [0.1, 0.15) is 0 Å². The molecular formula is C15H18ClN3OS2. The van der Waals surface area contributed by atoms with E-state index in [1.54, 1.807) is 24.3 Å². The third kappa shape index (κ3) is 4.97. The molecule has 0 aliphatic heterocycles. The van der Waals surface area contributed by atoms with Gasteiger partial charge in [-0.25, -0.2) is 0 Å². The van der Waals surface area contributed by atoms with Crippen LogP contribution in [0.2, 0.25) is 5.02 Å². The van der Waals surface area contributed by atoms with E-state index in [2.05, 4.69) is 22.4 Å². The molecule has 1 N–H and O–H groups in total. The predicted octanol–water partition coefficient (Wildman–Crippen LogP) is 4.77. The molecule has 2 rings (SSSR count). The molecule has 1 unspecified atom stereocenters. The van der Waals surface area contributed by atoms with Gasteiger partial charge in [0, 0.05) is 17.1 Å². The van der Waals surface area contributed by atoms with Crippen LogP contribution in [0.25, 0.3) is 0 Å². The van der Waals surface area contributed by atoms with E-state index in [-0.39, 0.29) is 11.0 Å². The fourth-order valence-electron chi connectivity index (χ4n) is 1.75. The average Bonchev–Trinajstić information content (AvgIpc) is 2.95. The number of rotatable bonds is 8. The van der Waals surface area contributed by atoms with Gasteiger partial charge in [-0.15, -0.1) is 10.2 Å². The summed E-state index contributed by atoms with van der Waals surface area (Å²) >= 11 is 8.76. The molecule has 0 radical (unpaired) electrons. The van der Waals surface area contributed by atoms with Crippen molar-refractivity contribution in [3.05, 3.63) is 34.9 Å². The quantitative estimate of drug-likeness (QED) is 0.420. The Morgan fingerprint density at radius 3 is 2.77 bits per heavy atom. The van der Waals surface area contributed by atoms with Crippen LogP contribution in [0.1, 0.15) is 37.0 Å². The molecule has 0 saturated heterocycles. The minimum atomic E-state index is -0.211. The Balaban J connectivity index is 1.92. The van der Waals surface area contributed by atoms with Crippen molar-refractivity contribution in [2.24, 2.45) is 0 Å². The summed E-state index contributed by atoms with van der Waals surface area (Å²) in [5.41, 5.74) is 0.662. The summed E-state index contributed by atoms with van der Waals surface area (Å²) in [4.78, 5) is 12.4. The van der Waals surface area contributed by atoms with E-state index in [1.807, 2.05) is 6.92 Å². The summed E-state index contributed by atoms with van der Waals surface area (Å²) in [6.45, 7) is 4.93. The van der Waals surface area contributed by atoms with Crippen molar-refractivity contribution < 1.29 is 4.79 Å². The van der Waals surface area contributed by atoms with E-state index < -0.39 is 0 Å². The van der Waals surface area contributed by atoms with Gasteiger partial charge in [0.25, 0.3) is 0 Å². The number of carbonyl (C=O) groups is 1. The highest BCUT2D eigenvalue weighted by Crippen LogP contribution is 2.30. The molecule has 0 spiro atoms. The molecule has 118 valence electrons. The number of ketones is 1. The smallest absolute Gasteiger partial charge is 0.206 e. The molecule has 1 aromatic carbocycles. The van der Waals surface area contributed by atoms with Gasteiger partial charge in [0.05, 0.1) is 5.25 Å². The molecule has 0 saturated carbocycles. The number of aromatic nitrogens is 2. The zero-order chi connectivity index (χ0) is 15.9. The highest BCUT2D eigenvalue weighted by atomic mass is 35.5. The second kappa shape index (κ2) is 8.50. The Hall–Kier alpha value is -1.11. The van der Waals surface area contributed by atoms with Crippen molar-refractivity contribution in [3.63, 3.8) is 0 Å². The number of benzene rings is 1. The van der Waals surface area contributed by atoms with Crippen molar-refractivity contribution in [1.29, 1.82) is 0 Å². The monoisotopic (exact) mass is 355 g/mol. The number of carbonyl (C=O) groups excluding carboxylic acids is 1. The Morgan fingerprint density at radius 1 is 1.36 bits per heavy atom. The number of anilines is 1. The summed E-state index contributed by atoms with van der Waals surface area (Å²) in [6.07, 6.45) is 2.24. The van der Waals surface area contributed by atoms with Crippen molar-refractivity contribution in [3.8, 4) is 0 Å². The minimum absolute atomic E-state index is 0.0670. The first-order valence-electron chi connectivity index (χ1n) is 7.14. The average molecular weight is 356 g/mol. The van der Waals surface area contributed by atoms with Gasteiger partial charge in [-0.05, 0) is 37.6 Å². The lowest BCUT2D eigenvalue weighted by molar-refractivity contribution is 0.0994. The molecule has 4 nitrogen and oxygen atoms in total. The Labute approximate surface area is 143 Å². The van der Waals surface area contributed by atoms with Gasteiger partial charge in [0.15, 0.2) is 10.1 Å². The lowest BCUT2D eigenvalue weighted by Gasteiger charge is -2.07. The summed E-state index contributed by atoms with van der Waals surface area (Å²) < 4.78 is 0.800. The van der Waals surface area contributed by atoms with Gasteiger partial charge in [0.2, 0.25) is 5.13 Å². The Bertz CT molecular complexity index is 616. The molecular weight excluding hydrogens is 338 g/mol. The molecule has 0 aliphatic carbocycles. The maximum atomic E-state index is 12.4. The molecule has 1 aromatic heterocycles. The van der Waals surface area contributed by atoms with E-state index in [0.29, 0.717) is 10.6 Å². The molecule has 0 bridgehead atoms. The van der Waals surface area contributed by atoms with Gasteiger partial charge < -0.3 is 5.32 Å². The number of Topliss-reactive ketones (excluding diaryl/α,β-unsaturated/α-hetero) is 1. The standard InChI is InChI=1S/C15H18ClN3OS2/c1-3-4-9-17-14-18-19-15(22-14)21-10(2)13(20)11-5-7-12(16)8-6-11/h5-8,10H,3-4,9H2,1-2H3,(H,17,18). The van der Waals surface area contributed by atoms with Crippen LogP contribution >= 0.6 is 34.7 Å². The third-order valence-corrected chi connectivity index (χ3v) is 5.31. The number of hydrogen-bond donors (Lipinski definition) is 1. The van der Waals surface area contributed by atoms with Crippen LogP contribution in [-0.2, 0) is 0 Å².